The maximum Gasteiger partial charge on any atom is 0.257 e. The van der Waals surface area contributed by atoms with Crippen LogP contribution >= 0.6 is 0 Å². The maximum atomic E-state index is 13.8. The molecule has 3 rings (SSSR count). The Morgan fingerprint density at radius 1 is 1.16 bits per heavy atom. The highest BCUT2D eigenvalue weighted by Gasteiger charge is 2.20. The van der Waals surface area contributed by atoms with Crippen LogP contribution in [-0.2, 0) is 6.54 Å². The lowest BCUT2D eigenvalue weighted by atomic mass is 10.1. The third-order valence-electron chi connectivity index (χ3n) is 3.88. The van der Waals surface area contributed by atoms with Gasteiger partial charge in [0.1, 0.15) is 12.4 Å². The van der Waals surface area contributed by atoms with Gasteiger partial charge in [-0.1, -0.05) is 47.1 Å². The van der Waals surface area contributed by atoms with Crippen LogP contribution in [0.3, 0.4) is 0 Å². The lowest BCUT2D eigenvalue weighted by Crippen LogP contribution is -2.31. The van der Waals surface area contributed by atoms with Gasteiger partial charge in [0.05, 0.1) is 5.56 Å². The summed E-state index contributed by atoms with van der Waals surface area (Å²) in [4.78, 5) is 18.3. The summed E-state index contributed by atoms with van der Waals surface area (Å²) < 4.78 is 19.1. The largest absolute Gasteiger partial charge is 0.337 e. The highest BCUT2D eigenvalue weighted by atomic mass is 19.1. The summed E-state index contributed by atoms with van der Waals surface area (Å²) in [5.74, 6) is -0.181. The first-order valence-electron chi connectivity index (χ1n) is 8.02. The SMILES string of the molecule is CCN(Cc1nc(-c2ccc(C)cc2)no1)C(=O)c1ccccc1F. The van der Waals surface area contributed by atoms with Crippen LogP contribution < -0.4 is 0 Å². The van der Waals surface area contributed by atoms with Crippen LogP contribution in [0.1, 0.15) is 28.7 Å². The molecule has 0 aliphatic carbocycles. The highest BCUT2D eigenvalue weighted by molar-refractivity contribution is 5.94. The Labute approximate surface area is 145 Å². The van der Waals surface area contributed by atoms with Crippen LogP contribution in [0.5, 0.6) is 0 Å². The van der Waals surface area contributed by atoms with E-state index in [1.165, 1.54) is 17.0 Å². The number of carbonyl (C=O) groups is 1. The number of carbonyl (C=O) groups excluding carboxylic acids is 1. The molecule has 0 atom stereocenters. The van der Waals surface area contributed by atoms with E-state index in [1.807, 2.05) is 38.1 Å². The summed E-state index contributed by atoms with van der Waals surface area (Å²) in [6.07, 6.45) is 0. The van der Waals surface area contributed by atoms with Gasteiger partial charge in [0.25, 0.3) is 5.91 Å². The van der Waals surface area contributed by atoms with Crippen molar-refractivity contribution in [2.75, 3.05) is 6.54 Å². The van der Waals surface area contributed by atoms with Crippen LogP contribution in [0.2, 0.25) is 0 Å². The van der Waals surface area contributed by atoms with Gasteiger partial charge < -0.3 is 9.42 Å². The molecule has 3 aromatic rings. The fraction of sp³-hybridized carbons (Fsp3) is 0.211. The Hall–Kier alpha value is -3.02. The van der Waals surface area contributed by atoms with Crippen molar-refractivity contribution in [3.8, 4) is 11.4 Å². The Balaban J connectivity index is 1.77. The first-order chi connectivity index (χ1) is 12.1. The van der Waals surface area contributed by atoms with E-state index in [9.17, 15) is 9.18 Å². The summed E-state index contributed by atoms with van der Waals surface area (Å²) >= 11 is 0. The van der Waals surface area contributed by atoms with E-state index in [0.29, 0.717) is 18.3 Å². The minimum absolute atomic E-state index is 0.0302. The smallest absolute Gasteiger partial charge is 0.257 e. The molecule has 5 nitrogen and oxygen atoms in total. The lowest BCUT2D eigenvalue weighted by molar-refractivity contribution is 0.0730. The molecular weight excluding hydrogens is 321 g/mol. The van der Waals surface area contributed by atoms with Crippen LogP contribution in [0.15, 0.2) is 53.1 Å². The van der Waals surface area contributed by atoms with E-state index >= 15 is 0 Å². The highest BCUT2D eigenvalue weighted by Crippen LogP contribution is 2.18. The second-order valence-electron chi connectivity index (χ2n) is 5.68. The Kier molecular flexibility index (Phi) is 4.88. The van der Waals surface area contributed by atoms with Gasteiger partial charge in [-0.25, -0.2) is 4.39 Å². The van der Waals surface area contributed by atoms with Crippen molar-refractivity contribution in [2.45, 2.75) is 20.4 Å². The van der Waals surface area contributed by atoms with Gasteiger partial charge in [-0.3, -0.25) is 4.79 Å². The molecule has 1 amide bonds. The number of hydrogen-bond donors (Lipinski definition) is 0. The minimum atomic E-state index is -0.545. The fourth-order valence-corrected chi connectivity index (χ4v) is 2.43. The predicted molar refractivity (Wildman–Crippen MR) is 91.3 cm³/mol. The molecule has 0 saturated carbocycles. The number of benzene rings is 2. The molecule has 0 aliphatic heterocycles. The van der Waals surface area contributed by atoms with Crippen LogP contribution in [0, 0.1) is 12.7 Å². The zero-order valence-corrected chi connectivity index (χ0v) is 14.1. The summed E-state index contributed by atoms with van der Waals surface area (Å²) in [6, 6.07) is 13.7. The van der Waals surface area contributed by atoms with Crippen molar-refractivity contribution in [1.82, 2.24) is 15.0 Å². The fourth-order valence-electron chi connectivity index (χ4n) is 2.43. The monoisotopic (exact) mass is 339 g/mol. The summed E-state index contributed by atoms with van der Waals surface area (Å²) in [5.41, 5.74) is 2.01. The number of halogens is 1. The Morgan fingerprint density at radius 3 is 2.56 bits per heavy atom. The van der Waals surface area contributed by atoms with E-state index in [1.54, 1.807) is 12.1 Å². The molecule has 0 saturated heterocycles. The van der Waals surface area contributed by atoms with Gasteiger partial charge in [-0.2, -0.15) is 4.98 Å². The average Bonchev–Trinajstić information content (AvgIpc) is 3.09. The molecule has 0 bridgehead atoms. The molecule has 0 N–H and O–H groups in total. The predicted octanol–water partition coefficient (Wildman–Crippen LogP) is 3.85. The average molecular weight is 339 g/mol. The molecule has 6 heteroatoms. The van der Waals surface area contributed by atoms with E-state index in [0.717, 1.165) is 11.1 Å². The van der Waals surface area contributed by atoms with E-state index in [-0.39, 0.29) is 12.1 Å². The normalized spacial score (nSPS) is 10.7. The molecule has 1 heterocycles. The topological polar surface area (TPSA) is 59.2 Å². The molecule has 0 spiro atoms. The van der Waals surface area contributed by atoms with Gasteiger partial charge in [0, 0.05) is 12.1 Å². The quantitative estimate of drug-likeness (QED) is 0.708. The first-order valence-corrected chi connectivity index (χ1v) is 8.02. The second-order valence-corrected chi connectivity index (χ2v) is 5.68. The summed E-state index contributed by atoms with van der Waals surface area (Å²) in [6.45, 7) is 4.34. The molecule has 1 aromatic heterocycles. The third-order valence-corrected chi connectivity index (χ3v) is 3.88. The number of aryl methyl sites for hydroxylation is 1. The molecular formula is C19H18FN3O2. The first kappa shape index (κ1) is 16.8. The number of aromatic nitrogens is 2. The lowest BCUT2D eigenvalue weighted by Gasteiger charge is -2.19. The van der Waals surface area contributed by atoms with Gasteiger partial charge >= 0.3 is 0 Å². The summed E-state index contributed by atoms with van der Waals surface area (Å²) in [5, 5.41) is 3.95. The van der Waals surface area contributed by atoms with E-state index in [4.69, 9.17) is 4.52 Å². The Bertz CT molecular complexity index is 874. The van der Waals surface area contributed by atoms with Gasteiger partial charge in [0.15, 0.2) is 0 Å². The van der Waals surface area contributed by atoms with Crippen molar-refractivity contribution in [1.29, 1.82) is 0 Å². The zero-order valence-electron chi connectivity index (χ0n) is 14.1. The van der Waals surface area contributed by atoms with Crippen molar-refractivity contribution in [2.24, 2.45) is 0 Å². The zero-order chi connectivity index (χ0) is 17.8. The molecule has 25 heavy (non-hydrogen) atoms. The second kappa shape index (κ2) is 7.25. The number of hydrogen-bond acceptors (Lipinski definition) is 4. The van der Waals surface area contributed by atoms with Gasteiger partial charge in [-0.15, -0.1) is 0 Å². The van der Waals surface area contributed by atoms with Gasteiger partial charge in [0.2, 0.25) is 11.7 Å². The van der Waals surface area contributed by atoms with Crippen molar-refractivity contribution < 1.29 is 13.7 Å². The van der Waals surface area contributed by atoms with Crippen molar-refractivity contribution >= 4 is 5.91 Å². The van der Waals surface area contributed by atoms with Crippen LogP contribution in [0.4, 0.5) is 4.39 Å². The van der Waals surface area contributed by atoms with Gasteiger partial charge in [-0.05, 0) is 26.0 Å². The molecule has 0 aliphatic rings. The molecule has 0 unspecified atom stereocenters. The van der Waals surface area contributed by atoms with E-state index in [2.05, 4.69) is 10.1 Å². The van der Waals surface area contributed by atoms with Crippen LogP contribution in [-0.4, -0.2) is 27.5 Å². The van der Waals surface area contributed by atoms with Crippen LogP contribution in [0.25, 0.3) is 11.4 Å². The van der Waals surface area contributed by atoms with E-state index < -0.39 is 11.7 Å². The molecule has 0 radical (unpaired) electrons. The third kappa shape index (κ3) is 3.74. The number of rotatable bonds is 5. The number of nitrogens with zero attached hydrogens (tertiary/aromatic N) is 3. The molecule has 0 fully saturated rings. The maximum absolute atomic E-state index is 13.8. The molecule has 2 aromatic carbocycles. The van der Waals surface area contributed by atoms with Crippen molar-refractivity contribution in [3.63, 3.8) is 0 Å². The number of amides is 1. The minimum Gasteiger partial charge on any atom is -0.337 e. The van der Waals surface area contributed by atoms with Crippen molar-refractivity contribution in [3.05, 3.63) is 71.4 Å². The Morgan fingerprint density at radius 2 is 1.88 bits per heavy atom. The standard InChI is InChI=1S/C19H18FN3O2/c1-3-23(19(24)15-6-4-5-7-16(15)20)12-17-21-18(22-25-17)14-10-8-13(2)9-11-14/h4-11H,3,12H2,1-2H3. The molecule has 128 valence electrons. The summed E-state index contributed by atoms with van der Waals surface area (Å²) in [7, 11) is 0.